The van der Waals surface area contributed by atoms with E-state index < -0.39 is 0 Å². The SMILES string of the molecule is CCc1ccc2cc(-c3nc4cc(C=O)cc(OC)n4c3C)n(CC3CC3C)c2n1. The summed E-state index contributed by atoms with van der Waals surface area (Å²) < 4.78 is 9.86. The molecule has 1 aliphatic rings. The average molecular weight is 402 g/mol. The van der Waals surface area contributed by atoms with Crippen LogP contribution in [-0.4, -0.2) is 32.3 Å². The van der Waals surface area contributed by atoms with Crippen LogP contribution in [0.1, 0.15) is 42.0 Å². The molecule has 5 rings (SSSR count). The molecule has 0 aromatic carbocycles. The average Bonchev–Trinajstić information content (AvgIpc) is 3.20. The molecule has 0 spiro atoms. The Labute approximate surface area is 175 Å². The van der Waals surface area contributed by atoms with Crippen molar-refractivity contribution in [3.05, 3.63) is 47.3 Å². The Kier molecular flexibility index (Phi) is 4.38. The molecule has 0 amide bonds. The molecule has 1 fully saturated rings. The number of ether oxygens (including phenoxy) is 1. The summed E-state index contributed by atoms with van der Waals surface area (Å²) in [5.41, 5.74) is 6.35. The van der Waals surface area contributed by atoms with Gasteiger partial charge in [0.2, 0.25) is 0 Å². The molecule has 0 bridgehead atoms. The molecule has 0 saturated heterocycles. The van der Waals surface area contributed by atoms with Crippen LogP contribution < -0.4 is 4.74 Å². The number of hydrogen-bond donors (Lipinski definition) is 0. The number of hydrogen-bond acceptors (Lipinski definition) is 4. The van der Waals surface area contributed by atoms with Crippen molar-refractivity contribution in [3.8, 4) is 17.3 Å². The molecule has 4 heterocycles. The molecule has 0 aliphatic heterocycles. The van der Waals surface area contributed by atoms with Crippen LogP contribution in [0.25, 0.3) is 28.1 Å². The van der Waals surface area contributed by atoms with Gasteiger partial charge in [-0.3, -0.25) is 9.20 Å². The van der Waals surface area contributed by atoms with Crippen molar-refractivity contribution in [2.24, 2.45) is 11.8 Å². The standard InChI is InChI=1S/C24H26N4O2/c1-5-19-7-6-17-11-20(27(24(17)25-19)12-18-8-14(18)2)23-15(3)28-21(26-23)9-16(13-29)10-22(28)30-4/h6-7,9-11,13-14,18H,5,8,12H2,1-4H3. The second-order valence-corrected chi connectivity index (χ2v) is 8.37. The highest BCUT2D eigenvalue weighted by Gasteiger charge is 2.34. The second-order valence-electron chi connectivity index (χ2n) is 8.37. The summed E-state index contributed by atoms with van der Waals surface area (Å²) >= 11 is 0. The van der Waals surface area contributed by atoms with Gasteiger partial charge in [0, 0.05) is 29.3 Å². The molecule has 0 N–H and O–H groups in total. The molecule has 4 aromatic rings. The van der Waals surface area contributed by atoms with E-state index >= 15 is 0 Å². The molecule has 0 radical (unpaired) electrons. The smallest absolute Gasteiger partial charge is 0.199 e. The van der Waals surface area contributed by atoms with Crippen molar-refractivity contribution in [2.45, 2.75) is 40.2 Å². The Balaban J connectivity index is 1.76. The Morgan fingerprint density at radius 1 is 1.23 bits per heavy atom. The number of aldehydes is 1. The summed E-state index contributed by atoms with van der Waals surface area (Å²) in [6.07, 6.45) is 3.00. The fourth-order valence-electron chi connectivity index (χ4n) is 4.39. The predicted molar refractivity (Wildman–Crippen MR) is 117 cm³/mol. The van der Waals surface area contributed by atoms with Crippen molar-refractivity contribution >= 4 is 23.0 Å². The highest BCUT2D eigenvalue weighted by atomic mass is 16.5. The lowest BCUT2D eigenvalue weighted by Crippen LogP contribution is -2.05. The molecule has 1 aliphatic carbocycles. The van der Waals surface area contributed by atoms with Gasteiger partial charge < -0.3 is 9.30 Å². The van der Waals surface area contributed by atoms with Crippen molar-refractivity contribution in [1.82, 2.24) is 18.9 Å². The minimum Gasteiger partial charge on any atom is -0.482 e. The van der Waals surface area contributed by atoms with Crippen LogP contribution in [0, 0.1) is 18.8 Å². The lowest BCUT2D eigenvalue weighted by atomic mass is 10.2. The van der Waals surface area contributed by atoms with Crippen LogP contribution in [0.5, 0.6) is 5.88 Å². The van der Waals surface area contributed by atoms with E-state index in [4.69, 9.17) is 14.7 Å². The maximum atomic E-state index is 11.4. The second kappa shape index (κ2) is 6.97. The van der Waals surface area contributed by atoms with E-state index in [0.29, 0.717) is 23.0 Å². The van der Waals surface area contributed by atoms with Crippen molar-refractivity contribution in [1.29, 1.82) is 0 Å². The van der Waals surface area contributed by atoms with Crippen LogP contribution in [0.4, 0.5) is 0 Å². The number of rotatable bonds is 6. The van der Waals surface area contributed by atoms with E-state index in [9.17, 15) is 4.79 Å². The Hall–Kier alpha value is -3.15. The first-order valence-electron chi connectivity index (χ1n) is 10.6. The van der Waals surface area contributed by atoms with Gasteiger partial charge in [-0.1, -0.05) is 13.8 Å². The number of carbonyl (C=O) groups is 1. The molecule has 154 valence electrons. The van der Waals surface area contributed by atoms with Gasteiger partial charge in [-0.05, 0) is 55.9 Å². The molecule has 4 aromatic heterocycles. The third-order valence-electron chi connectivity index (χ3n) is 6.38. The summed E-state index contributed by atoms with van der Waals surface area (Å²) in [4.78, 5) is 21.2. The predicted octanol–water partition coefficient (Wildman–Crippen LogP) is 4.70. The third-order valence-corrected chi connectivity index (χ3v) is 6.38. The van der Waals surface area contributed by atoms with E-state index in [-0.39, 0.29) is 0 Å². The highest BCUT2D eigenvalue weighted by Crippen LogP contribution is 2.41. The van der Waals surface area contributed by atoms with Crippen LogP contribution in [0.15, 0.2) is 30.3 Å². The maximum Gasteiger partial charge on any atom is 0.199 e. The van der Waals surface area contributed by atoms with E-state index in [1.54, 1.807) is 19.2 Å². The van der Waals surface area contributed by atoms with Gasteiger partial charge in [0.25, 0.3) is 0 Å². The number of fused-ring (bicyclic) bond motifs is 2. The van der Waals surface area contributed by atoms with E-state index in [1.807, 2.05) is 11.3 Å². The van der Waals surface area contributed by atoms with E-state index in [1.165, 1.54) is 6.42 Å². The zero-order valence-electron chi connectivity index (χ0n) is 17.8. The molecule has 1 saturated carbocycles. The fraction of sp³-hybridized carbons (Fsp3) is 0.375. The van der Waals surface area contributed by atoms with Crippen molar-refractivity contribution in [2.75, 3.05) is 7.11 Å². The van der Waals surface area contributed by atoms with Gasteiger partial charge in [-0.15, -0.1) is 0 Å². The molecule has 2 unspecified atom stereocenters. The van der Waals surface area contributed by atoms with Gasteiger partial charge in [0.05, 0.1) is 18.5 Å². The molecule has 6 nitrogen and oxygen atoms in total. The molecule has 2 atom stereocenters. The highest BCUT2D eigenvalue weighted by molar-refractivity contribution is 5.85. The quantitative estimate of drug-likeness (QED) is 0.439. The van der Waals surface area contributed by atoms with Crippen LogP contribution in [-0.2, 0) is 13.0 Å². The molecular formula is C24H26N4O2. The van der Waals surface area contributed by atoms with E-state index in [0.717, 1.165) is 59.0 Å². The summed E-state index contributed by atoms with van der Waals surface area (Å²) in [5, 5.41) is 1.13. The number of imidazole rings is 1. The number of carbonyl (C=O) groups excluding carboxylic acids is 1. The summed E-state index contributed by atoms with van der Waals surface area (Å²) in [6.45, 7) is 7.44. The maximum absolute atomic E-state index is 11.4. The normalized spacial score (nSPS) is 18.3. The van der Waals surface area contributed by atoms with Crippen LogP contribution in [0.2, 0.25) is 0 Å². The van der Waals surface area contributed by atoms with Crippen LogP contribution >= 0.6 is 0 Å². The third kappa shape index (κ3) is 2.90. The Morgan fingerprint density at radius 2 is 2.03 bits per heavy atom. The van der Waals surface area contributed by atoms with Gasteiger partial charge in [0.1, 0.15) is 23.3 Å². The number of nitrogens with zero attached hydrogens (tertiary/aromatic N) is 4. The number of aromatic nitrogens is 4. The number of aryl methyl sites for hydroxylation is 2. The van der Waals surface area contributed by atoms with Crippen LogP contribution in [0.3, 0.4) is 0 Å². The first kappa shape index (κ1) is 18.9. The largest absolute Gasteiger partial charge is 0.482 e. The number of methoxy groups -OCH3 is 1. The van der Waals surface area contributed by atoms with Gasteiger partial charge in [0.15, 0.2) is 5.88 Å². The minimum atomic E-state index is 0.553. The Morgan fingerprint density at radius 3 is 2.70 bits per heavy atom. The summed E-state index contributed by atoms with van der Waals surface area (Å²) in [6, 6.07) is 10.0. The first-order valence-corrected chi connectivity index (χ1v) is 10.6. The van der Waals surface area contributed by atoms with E-state index in [2.05, 4.69) is 36.6 Å². The van der Waals surface area contributed by atoms with Crippen molar-refractivity contribution < 1.29 is 9.53 Å². The van der Waals surface area contributed by atoms with Gasteiger partial charge in [-0.2, -0.15) is 0 Å². The van der Waals surface area contributed by atoms with Gasteiger partial charge in [-0.25, -0.2) is 9.97 Å². The lowest BCUT2D eigenvalue weighted by molar-refractivity contribution is 0.112. The molecular weight excluding hydrogens is 376 g/mol. The van der Waals surface area contributed by atoms with Gasteiger partial charge >= 0.3 is 0 Å². The Bertz CT molecular complexity index is 1280. The first-order chi connectivity index (χ1) is 14.5. The molecule has 6 heteroatoms. The summed E-state index contributed by atoms with van der Waals surface area (Å²) in [7, 11) is 1.62. The lowest BCUT2D eigenvalue weighted by Gasteiger charge is -2.10. The fourth-order valence-corrected chi connectivity index (χ4v) is 4.39. The summed E-state index contributed by atoms with van der Waals surface area (Å²) in [5.74, 6) is 2.04. The topological polar surface area (TPSA) is 61.4 Å². The number of pyridine rings is 2. The monoisotopic (exact) mass is 402 g/mol. The zero-order valence-corrected chi connectivity index (χ0v) is 17.8. The zero-order chi connectivity index (χ0) is 21.0. The minimum absolute atomic E-state index is 0.553. The van der Waals surface area contributed by atoms with Crippen molar-refractivity contribution in [3.63, 3.8) is 0 Å². The molecule has 30 heavy (non-hydrogen) atoms.